The number of hydrogen-bond donors (Lipinski definition) is 1. The molecule has 22 heavy (non-hydrogen) atoms. The zero-order valence-corrected chi connectivity index (χ0v) is 13.8. The number of thioether (sulfide) groups is 2. The molecule has 0 radical (unpaired) electrons. The molecule has 0 atom stereocenters. The number of rotatable bonds is 6. The molecule has 0 fully saturated rings. The molecule has 0 saturated carbocycles. The first-order chi connectivity index (χ1) is 10.7. The average molecular weight is 328 g/mol. The number of benzene rings is 2. The van der Waals surface area contributed by atoms with Crippen molar-refractivity contribution in [3.63, 3.8) is 0 Å². The van der Waals surface area contributed by atoms with Crippen LogP contribution in [-0.2, 0) is 10.5 Å². The van der Waals surface area contributed by atoms with Gasteiger partial charge < -0.3 is 5.32 Å². The minimum Gasteiger partial charge on any atom is -0.325 e. The van der Waals surface area contributed by atoms with E-state index in [0.29, 0.717) is 11.3 Å². The maximum atomic E-state index is 11.9. The predicted molar refractivity (Wildman–Crippen MR) is 94.2 cm³/mol. The third-order valence-electron chi connectivity index (χ3n) is 2.94. The van der Waals surface area contributed by atoms with Gasteiger partial charge in [-0.3, -0.25) is 4.79 Å². The van der Waals surface area contributed by atoms with Gasteiger partial charge in [-0.2, -0.15) is 5.26 Å². The third kappa shape index (κ3) is 5.14. The van der Waals surface area contributed by atoms with Gasteiger partial charge in [0, 0.05) is 16.3 Å². The smallest absolute Gasteiger partial charge is 0.234 e. The van der Waals surface area contributed by atoms with Crippen LogP contribution in [0.1, 0.15) is 11.1 Å². The zero-order valence-electron chi connectivity index (χ0n) is 12.2. The molecule has 5 heteroatoms. The number of amides is 1. The molecule has 1 N–H and O–H groups in total. The summed E-state index contributed by atoms with van der Waals surface area (Å²) in [6.07, 6.45) is 2.01. The highest BCUT2D eigenvalue weighted by atomic mass is 32.2. The Labute approximate surface area is 139 Å². The lowest BCUT2D eigenvalue weighted by Crippen LogP contribution is -2.14. The van der Waals surface area contributed by atoms with Crippen molar-refractivity contribution in [2.24, 2.45) is 0 Å². The summed E-state index contributed by atoms with van der Waals surface area (Å²) in [5.41, 5.74) is 2.59. The molecule has 0 heterocycles. The molecular formula is C17H16N2OS2. The fourth-order valence-corrected chi connectivity index (χ4v) is 3.08. The number of hydrogen-bond acceptors (Lipinski definition) is 4. The highest BCUT2D eigenvalue weighted by molar-refractivity contribution is 7.99. The maximum Gasteiger partial charge on any atom is 0.234 e. The Hall–Kier alpha value is -1.90. The largest absolute Gasteiger partial charge is 0.325 e. The Balaban J connectivity index is 1.78. The summed E-state index contributed by atoms with van der Waals surface area (Å²) < 4.78 is 0. The van der Waals surface area contributed by atoms with Crippen molar-refractivity contribution in [1.82, 2.24) is 0 Å². The van der Waals surface area contributed by atoms with Gasteiger partial charge in [-0.15, -0.1) is 23.5 Å². The fourth-order valence-electron chi connectivity index (χ4n) is 1.83. The monoisotopic (exact) mass is 328 g/mol. The van der Waals surface area contributed by atoms with Crippen LogP contribution in [0.4, 0.5) is 5.69 Å². The molecule has 0 aromatic heterocycles. The van der Waals surface area contributed by atoms with Crippen molar-refractivity contribution in [2.75, 3.05) is 17.3 Å². The second-order valence-electron chi connectivity index (χ2n) is 4.58. The van der Waals surface area contributed by atoms with Crippen LogP contribution in [-0.4, -0.2) is 17.9 Å². The summed E-state index contributed by atoms with van der Waals surface area (Å²) >= 11 is 3.21. The number of anilines is 1. The van der Waals surface area contributed by atoms with Crippen LogP contribution in [0.25, 0.3) is 0 Å². The SMILES string of the molecule is CSc1cccc(NC(=O)CSCc2ccc(C#N)cc2)c1. The number of nitrogens with one attached hydrogen (secondary N) is 1. The van der Waals surface area contributed by atoms with Crippen molar-refractivity contribution in [1.29, 1.82) is 5.26 Å². The second kappa shape index (κ2) is 8.52. The normalized spacial score (nSPS) is 10.0. The van der Waals surface area contributed by atoms with Crippen molar-refractivity contribution in [3.8, 4) is 6.07 Å². The Kier molecular flexibility index (Phi) is 6.38. The number of carbonyl (C=O) groups excluding carboxylic acids is 1. The van der Waals surface area contributed by atoms with Gasteiger partial charge in [0.15, 0.2) is 0 Å². The molecule has 0 spiro atoms. The first kappa shape index (κ1) is 16.5. The Morgan fingerprint density at radius 3 is 2.68 bits per heavy atom. The van der Waals surface area contributed by atoms with E-state index < -0.39 is 0 Å². The topological polar surface area (TPSA) is 52.9 Å². The van der Waals surface area contributed by atoms with Crippen molar-refractivity contribution in [2.45, 2.75) is 10.6 Å². The number of nitriles is 1. The summed E-state index contributed by atoms with van der Waals surface area (Å²) in [5, 5.41) is 11.7. The Morgan fingerprint density at radius 2 is 2.00 bits per heavy atom. The molecule has 0 aliphatic rings. The van der Waals surface area contributed by atoms with E-state index in [2.05, 4.69) is 11.4 Å². The average Bonchev–Trinajstić information content (AvgIpc) is 2.55. The highest BCUT2D eigenvalue weighted by Gasteiger charge is 2.04. The van der Waals surface area contributed by atoms with Gasteiger partial charge in [-0.25, -0.2) is 0 Å². The molecule has 112 valence electrons. The van der Waals surface area contributed by atoms with E-state index in [4.69, 9.17) is 5.26 Å². The molecule has 1 amide bonds. The molecule has 2 aromatic rings. The van der Waals surface area contributed by atoms with Crippen LogP contribution >= 0.6 is 23.5 Å². The van der Waals surface area contributed by atoms with E-state index in [9.17, 15) is 4.79 Å². The fraction of sp³-hybridized carbons (Fsp3) is 0.176. The summed E-state index contributed by atoms with van der Waals surface area (Å²) in [5.74, 6) is 1.16. The van der Waals surface area contributed by atoms with Crippen LogP contribution in [0.15, 0.2) is 53.4 Å². The van der Waals surface area contributed by atoms with E-state index >= 15 is 0 Å². The lowest BCUT2D eigenvalue weighted by Gasteiger charge is -2.06. The molecule has 3 nitrogen and oxygen atoms in total. The van der Waals surface area contributed by atoms with E-state index in [0.717, 1.165) is 21.9 Å². The molecular weight excluding hydrogens is 312 g/mol. The third-order valence-corrected chi connectivity index (χ3v) is 4.67. The van der Waals surface area contributed by atoms with Gasteiger partial charge in [0.2, 0.25) is 5.91 Å². The van der Waals surface area contributed by atoms with Gasteiger partial charge >= 0.3 is 0 Å². The molecule has 0 aliphatic heterocycles. The summed E-state index contributed by atoms with van der Waals surface area (Å²) in [6.45, 7) is 0. The number of carbonyl (C=O) groups is 1. The van der Waals surface area contributed by atoms with Gasteiger partial charge in [0.25, 0.3) is 0 Å². The molecule has 2 aromatic carbocycles. The number of nitrogens with zero attached hydrogens (tertiary/aromatic N) is 1. The van der Waals surface area contributed by atoms with Crippen molar-refractivity contribution in [3.05, 3.63) is 59.7 Å². The van der Waals surface area contributed by atoms with Gasteiger partial charge in [-0.1, -0.05) is 18.2 Å². The lowest BCUT2D eigenvalue weighted by molar-refractivity contribution is -0.113. The van der Waals surface area contributed by atoms with Crippen molar-refractivity contribution < 1.29 is 4.79 Å². The maximum absolute atomic E-state index is 11.9. The first-order valence-electron chi connectivity index (χ1n) is 6.72. The summed E-state index contributed by atoms with van der Waals surface area (Å²) in [6, 6.07) is 17.3. The molecule has 2 rings (SSSR count). The highest BCUT2D eigenvalue weighted by Crippen LogP contribution is 2.19. The van der Waals surface area contributed by atoms with Gasteiger partial charge in [0.05, 0.1) is 17.4 Å². The van der Waals surface area contributed by atoms with E-state index in [1.54, 1.807) is 35.7 Å². The lowest BCUT2D eigenvalue weighted by atomic mass is 10.2. The minimum atomic E-state index is -0.00287. The standard InChI is InChI=1S/C17H16N2OS2/c1-21-16-4-2-3-15(9-16)19-17(20)12-22-11-14-7-5-13(10-18)6-8-14/h2-9H,11-12H2,1H3,(H,19,20). The van der Waals surface area contributed by atoms with Crippen LogP contribution < -0.4 is 5.32 Å². The predicted octanol–water partition coefficient (Wildman–Crippen LogP) is 4.15. The quantitative estimate of drug-likeness (QED) is 0.809. The Morgan fingerprint density at radius 1 is 1.23 bits per heavy atom. The zero-order chi connectivity index (χ0) is 15.8. The van der Waals surface area contributed by atoms with E-state index in [1.807, 2.05) is 42.7 Å². The van der Waals surface area contributed by atoms with Crippen LogP contribution in [0.5, 0.6) is 0 Å². The van der Waals surface area contributed by atoms with E-state index in [-0.39, 0.29) is 5.91 Å². The molecule has 0 aliphatic carbocycles. The summed E-state index contributed by atoms with van der Waals surface area (Å²) in [4.78, 5) is 13.0. The van der Waals surface area contributed by atoms with Crippen LogP contribution in [0.3, 0.4) is 0 Å². The van der Waals surface area contributed by atoms with Crippen LogP contribution in [0.2, 0.25) is 0 Å². The molecule has 0 saturated heterocycles. The minimum absolute atomic E-state index is 0.00287. The molecule has 0 bridgehead atoms. The van der Waals surface area contributed by atoms with Crippen molar-refractivity contribution >= 4 is 35.1 Å². The van der Waals surface area contributed by atoms with E-state index in [1.165, 1.54) is 0 Å². The van der Waals surface area contributed by atoms with Gasteiger partial charge in [0.1, 0.15) is 0 Å². The van der Waals surface area contributed by atoms with Crippen LogP contribution in [0, 0.1) is 11.3 Å². The Bertz CT molecular complexity index is 678. The second-order valence-corrected chi connectivity index (χ2v) is 6.45. The van der Waals surface area contributed by atoms with Gasteiger partial charge in [-0.05, 0) is 42.2 Å². The summed E-state index contributed by atoms with van der Waals surface area (Å²) in [7, 11) is 0. The molecule has 0 unspecified atom stereocenters. The first-order valence-corrected chi connectivity index (χ1v) is 9.10.